The molecule has 0 saturated carbocycles. The number of rotatable bonds is 5. The molecule has 2 aliphatic heterocycles. The molecule has 0 aliphatic carbocycles. The number of nitriles is 1. The van der Waals surface area contributed by atoms with Crippen LogP contribution in [-0.2, 0) is 18.0 Å². The summed E-state index contributed by atoms with van der Waals surface area (Å²) in [5, 5.41) is 12.3. The number of anilines is 2. The fourth-order valence-electron chi connectivity index (χ4n) is 5.35. The lowest BCUT2D eigenvalue weighted by atomic mass is 9.85. The second-order valence-corrected chi connectivity index (χ2v) is 11.4. The summed E-state index contributed by atoms with van der Waals surface area (Å²) >= 11 is 1.12. The minimum absolute atomic E-state index is 0.311. The molecule has 2 unspecified atom stereocenters. The van der Waals surface area contributed by atoms with E-state index in [4.69, 9.17) is 20.4 Å². The molecule has 2 radical (unpaired) electrons. The third kappa shape index (κ3) is 5.11. The summed E-state index contributed by atoms with van der Waals surface area (Å²) in [6.07, 6.45) is 5.18. The molecule has 0 spiro atoms. The van der Waals surface area contributed by atoms with Gasteiger partial charge in [-0.05, 0) is 54.9 Å². The molecule has 3 aromatic rings. The predicted octanol–water partition coefficient (Wildman–Crippen LogP) is 6.29. The average molecular weight is 561 g/mol. The Bertz CT molecular complexity index is 1530. The van der Waals surface area contributed by atoms with Crippen molar-refractivity contribution in [3.63, 3.8) is 0 Å². The summed E-state index contributed by atoms with van der Waals surface area (Å²) in [6.45, 7) is 12.3. The van der Waals surface area contributed by atoms with Crippen molar-refractivity contribution in [3.05, 3.63) is 50.5 Å². The number of aromatic nitrogens is 2. The first-order valence-electron chi connectivity index (χ1n) is 13.2. The van der Waals surface area contributed by atoms with Crippen molar-refractivity contribution < 1.29 is 9.13 Å². The summed E-state index contributed by atoms with van der Waals surface area (Å²) in [5.74, 6) is 0.941. The van der Waals surface area contributed by atoms with Gasteiger partial charge in [-0.25, -0.2) is 14.4 Å². The number of nitrogens with two attached hydrogens (primary N) is 1. The van der Waals surface area contributed by atoms with Crippen LogP contribution in [0.25, 0.3) is 22.3 Å². The molecule has 4 heterocycles. The minimum Gasteiger partial charge on any atom is -0.389 e. The Kier molecular flexibility index (Phi) is 9.11. The van der Waals surface area contributed by atoms with Crippen LogP contribution in [0.3, 0.4) is 0 Å². The molecule has 1 aromatic carbocycles. The van der Waals surface area contributed by atoms with E-state index >= 15 is 4.39 Å². The monoisotopic (exact) mass is 561 g/mol. The fourth-order valence-corrected chi connectivity index (χ4v) is 6.88. The van der Waals surface area contributed by atoms with Gasteiger partial charge >= 0.3 is 0 Å². The lowest BCUT2D eigenvalue weighted by Crippen LogP contribution is -2.22. The Hall–Kier alpha value is -2.79. The average Bonchev–Trinajstić information content (AvgIpc) is 3.69. The lowest BCUT2D eigenvalue weighted by Gasteiger charge is -2.22. The van der Waals surface area contributed by atoms with Crippen molar-refractivity contribution in [2.24, 2.45) is 5.92 Å². The van der Waals surface area contributed by atoms with Crippen molar-refractivity contribution >= 4 is 67.0 Å². The van der Waals surface area contributed by atoms with Gasteiger partial charge in [0.2, 0.25) is 5.95 Å². The summed E-state index contributed by atoms with van der Waals surface area (Å²) in [5.41, 5.74) is 12.9. The number of hydrogen-bond donors (Lipinski definition) is 1. The summed E-state index contributed by atoms with van der Waals surface area (Å²) in [6, 6.07) is 2.25. The highest BCUT2D eigenvalue weighted by Crippen LogP contribution is 2.46. The second kappa shape index (κ2) is 12.2. The Morgan fingerprint density at radius 2 is 2.08 bits per heavy atom. The Labute approximate surface area is 237 Å². The molecular formula is C29H34BFN5OPS. The van der Waals surface area contributed by atoms with Crippen molar-refractivity contribution in [2.75, 3.05) is 23.7 Å². The summed E-state index contributed by atoms with van der Waals surface area (Å²) in [7, 11) is 7.38. The number of benzene rings is 1. The molecule has 10 heteroatoms. The first kappa shape index (κ1) is 29.2. The maximum atomic E-state index is 15.2. The Balaban J connectivity index is 0.00000172. The predicted molar refractivity (Wildman–Crippen MR) is 165 cm³/mol. The van der Waals surface area contributed by atoms with Crippen molar-refractivity contribution in [3.8, 4) is 6.07 Å². The van der Waals surface area contributed by atoms with E-state index in [1.807, 2.05) is 13.1 Å². The van der Waals surface area contributed by atoms with Crippen molar-refractivity contribution in [1.82, 2.24) is 9.97 Å². The van der Waals surface area contributed by atoms with Crippen LogP contribution in [0.15, 0.2) is 17.8 Å². The van der Waals surface area contributed by atoms with Gasteiger partial charge in [-0.2, -0.15) is 5.26 Å². The van der Waals surface area contributed by atoms with E-state index in [1.54, 1.807) is 6.92 Å². The van der Waals surface area contributed by atoms with E-state index in [0.29, 0.717) is 40.1 Å². The molecule has 39 heavy (non-hydrogen) atoms. The molecular weight excluding hydrogens is 527 g/mol. The van der Waals surface area contributed by atoms with Crippen molar-refractivity contribution in [2.45, 2.75) is 60.6 Å². The number of allylic oxidation sites excluding steroid dienone is 2. The number of fused-ring (bicyclic) bond motifs is 3. The lowest BCUT2D eigenvalue weighted by molar-refractivity contribution is 0.135. The van der Waals surface area contributed by atoms with Crippen LogP contribution in [0.5, 0.6) is 0 Å². The van der Waals surface area contributed by atoms with Gasteiger partial charge in [-0.15, -0.1) is 20.6 Å². The standard InChI is InChI=1S/C28H31FN5OPS.CH3B/c1-5-15(4)21(23-16(9-30)27(31)37-26(23)20(29)6-2)22-19-13-35-12-18(19)17-10-32-28(33-24(17)25(22)36)34-8-7-14(3)11-34;1-2/h6,10,14H,5,7-8,11-13,31,36H2,1-4H3;1H3/b20-6+,21-15+;. The first-order chi connectivity index (χ1) is 18.8. The Morgan fingerprint density at radius 1 is 1.36 bits per heavy atom. The molecule has 5 rings (SSSR count). The highest BCUT2D eigenvalue weighted by atomic mass is 32.1. The topological polar surface area (TPSA) is 88.1 Å². The molecule has 202 valence electrons. The van der Waals surface area contributed by atoms with Crippen LogP contribution < -0.4 is 15.9 Å². The zero-order chi connectivity index (χ0) is 28.4. The van der Waals surface area contributed by atoms with E-state index in [9.17, 15) is 5.26 Å². The highest BCUT2D eigenvalue weighted by molar-refractivity contribution is 7.28. The second-order valence-electron chi connectivity index (χ2n) is 9.81. The third-order valence-electron chi connectivity index (χ3n) is 7.47. The molecule has 0 bridgehead atoms. The maximum Gasteiger partial charge on any atom is 0.225 e. The van der Waals surface area contributed by atoms with Gasteiger partial charge in [0, 0.05) is 35.5 Å². The van der Waals surface area contributed by atoms with Gasteiger partial charge in [0.05, 0.1) is 37.0 Å². The van der Waals surface area contributed by atoms with Gasteiger partial charge in [-0.1, -0.05) is 32.3 Å². The van der Waals surface area contributed by atoms with Crippen LogP contribution in [0, 0.1) is 17.2 Å². The first-order valence-corrected chi connectivity index (χ1v) is 14.5. The van der Waals surface area contributed by atoms with Gasteiger partial charge in [0.25, 0.3) is 0 Å². The smallest absolute Gasteiger partial charge is 0.225 e. The van der Waals surface area contributed by atoms with Crippen LogP contribution in [0.1, 0.15) is 73.2 Å². The molecule has 1 fully saturated rings. The molecule has 2 aromatic heterocycles. The van der Waals surface area contributed by atoms with Gasteiger partial charge < -0.3 is 15.4 Å². The van der Waals surface area contributed by atoms with E-state index in [-0.39, 0.29) is 5.83 Å². The normalized spacial score (nSPS) is 17.5. The van der Waals surface area contributed by atoms with E-state index in [2.05, 4.69) is 41.9 Å². The van der Waals surface area contributed by atoms with Gasteiger partial charge in [0.1, 0.15) is 16.9 Å². The van der Waals surface area contributed by atoms with E-state index < -0.39 is 0 Å². The zero-order valence-corrected chi connectivity index (χ0v) is 25.2. The van der Waals surface area contributed by atoms with Crippen LogP contribution in [-0.4, -0.2) is 30.9 Å². The number of ether oxygens (including phenoxy) is 1. The van der Waals surface area contributed by atoms with Crippen molar-refractivity contribution in [1.29, 1.82) is 5.26 Å². The molecule has 2 atom stereocenters. The molecule has 6 nitrogen and oxygen atoms in total. The number of nitrogen functional groups attached to an aromatic ring is 1. The maximum absolute atomic E-state index is 15.2. The van der Waals surface area contributed by atoms with E-state index in [1.165, 1.54) is 12.9 Å². The highest BCUT2D eigenvalue weighted by Gasteiger charge is 2.31. The number of thiophene rings is 1. The largest absolute Gasteiger partial charge is 0.389 e. The third-order valence-corrected chi connectivity index (χ3v) is 9.06. The zero-order valence-electron chi connectivity index (χ0n) is 23.2. The minimum atomic E-state index is -0.388. The number of nitrogens with zero attached hydrogens (tertiary/aromatic N) is 4. The molecule has 2 N–H and O–H groups in total. The SMILES string of the molecule is C/C=C(/F)c1sc(N)c(C#N)c1/C(=C(\C)CC)c1c2c(c3cnc(N4CCC(C)C4)nc3c1P)COC2.[B]C. The van der Waals surface area contributed by atoms with E-state index in [0.717, 1.165) is 87.3 Å². The Morgan fingerprint density at radius 3 is 2.69 bits per heavy atom. The van der Waals surface area contributed by atoms with Crippen LogP contribution in [0.4, 0.5) is 15.3 Å². The molecule has 0 amide bonds. The van der Waals surface area contributed by atoms with Gasteiger partial charge in [-0.3, -0.25) is 0 Å². The van der Waals surface area contributed by atoms with Crippen LogP contribution >= 0.6 is 20.6 Å². The summed E-state index contributed by atoms with van der Waals surface area (Å²) < 4.78 is 21.2. The quantitative estimate of drug-likeness (QED) is 0.291. The van der Waals surface area contributed by atoms with Crippen LogP contribution in [0.2, 0.25) is 6.82 Å². The van der Waals surface area contributed by atoms with Gasteiger partial charge in [0.15, 0.2) is 0 Å². The molecule has 2 aliphatic rings. The number of hydrogen-bond acceptors (Lipinski definition) is 7. The summed E-state index contributed by atoms with van der Waals surface area (Å²) in [4.78, 5) is 12.4. The molecule has 1 saturated heterocycles. The number of halogens is 1. The fraction of sp³-hybridized carbons (Fsp3) is 0.414.